The number of thiophene rings is 1. The van der Waals surface area contributed by atoms with Gasteiger partial charge in [-0.25, -0.2) is 0 Å². The fraction of sp³-hybridized carbons (Fsp3) is 0.300. The summed E-state index contributed by atoms with van der Waals surface area (Å²) in [5.41, 5.74) is 0.860. The molecule has 2 aromatic rings. The number of Topliss-reactive ketones (excluding diaryl/α,β-unsaturated/α-hetero) is 1. The number of carbonyl (C=O) groups is 2. The predicted octanol–water partition coefficient (Wildman–Crippen LogP) is 4.28. The molecule has 1 amide bonds. The van der Waals surface area contributed by atoms with Gasteiger partial charge in [0.2, 0.25) is 0 Å². The average Bonchev–Trinajstić information content (AvgIpc) is 3.33. The highest BCUT2D eigenvalue weighted by molar-refractivity contribution is 7.09. The van der Waals surface area contributed by atoms with Crippen LogP contribution in [0.5, 0.6) is 5.75 Å². The van der Waals surface area contributed by atoms with E-state index in [1.807, 2.05) is 17.5 Å². The molecule has 27 heavy (non-hydrogen) atoms. The second-order valence-corrected chi connectivity index (χ2v) is 8.15. The molecule has 5 nitrogen and oxygen atoms in total. The van der Waals surface area contributed by atoms with Crippen LogP contribution in [-0.2, 0) is 16.1 Å². The molecule has 0 bridgehead atoms. The maximum absolute atomic E-state index is 12.9. The lowest BCUT2D eigenvalue weighted by atomic mass is 9.94. The molecule has 7 heteroatoms. The lowest BCUT2D eigenvalue weighted by molar-refractivity contribution is -0.130. The van der Waals surface area contributed by atoms with Gasteiger partial charge in [-0.2, -0.15) is 0 Å². The van der Waals surface area contributed by atoms with Crippen LogP contribution >= 0.6 is 22.9 Å². The highest BCUT2D eigenvalue weighted by atomic mass is 35.5. The number of aliphatic hydroxyl groups is 1. The minimum absolute atomic E-state index is 0.104. The lowest BCUT2D eigenvalue weighted by Crippen LogP contribution is -2.30. The second kappa shape index (κ2) is 7.02. The van der Waals surface area contributed by atoms with Gasteiger partial charge >= 0.3 is 0 Å². The topological polar surface area (TPSA) is 66.8 Å². The number of hydrogen-bond donors (Lipinski definition) is 1. The first-order valence-corrected chi connectivity index (χ1v) is 9.91. The van der Waals surface area contributed by atoms with Crippen molar-refractivity contribution in [2.75, 3.05) is 7.11 Å². The van der Waals surface area contributed by atoms with Crippen LogP contribution in [0.3, 0.4) is 0 Å². The van der Waals surface area contributed by atoms with Gasteiger partial charge in [0.05, 0.1) is 30.3 Å². The van der Waals surface area contributed by atoms with Crippen LogP contribution < -0.4 is 4.74 Å². The zero-order chi connectivity index (χ0) is 19.1. The molecule has 1 atom stereocenters. The van der Waals surface area contributed by atoms with Crippen LogP contribution in [0.4, 0.5) is 0 Å². The number of methoxy groups -OCH3 is 1. The van der Waals surface area contributed by atoms with Gasteiger partial charge < -0.3 is 14.7 Å². The Hall–Kier alpha value is -2.31. The molecule has 4 rings (SSSR count). The monoisotopic (exact) mass is 403 g/mol. The van der Waals surface area contributed by atoms with E-state index in [9.17, 15) is 14.7 Å². The highest BCUT2D eigenvalue weighted by Crippen LogP contribution is 2.45. The number of rotatable bonds is 6. The summed E-state index contributed by atoms with van der Waals surface area (Å²) in [4.78, 5) is 28.2. The van der Waals surface area contributed by atoms with E-state index in [4.69, 9.17) is 16.3 Å². The lowest BCUT2D eigenvalue weighted by Gasteiger charge is -2.26. The van der Waals surface area contributed by atoms with Gasteiger partial charge in [0, 0.05) is 10.8 Å². The number of amides is 1. The van der Waals surface area contributed by atoms with Crippen molar-refractivity contribution in [1.29, 1.82) is 0 Å². The zero-order valence-corrected chi connectivity index (χ0v) is 16.2. The van der Waals surface area contributed by atoms with E-state index in [1.54, 1.807) is 18.2 Å². The van der Waals surface area contributed by atoms with Gasteiger partial charge in [0.15, 0.2) is 11.5 Å². The predicted molar refractivity (Wildman–Crippen MR) is 103 cm³/mol. The molecular formula is C20H18ClNO4S. The van der Waals surface area contributed by atoms with E-state index in [0.717, 1.165) is 17.7 Å². The number of hydrogen-bond acceptors (Lipinski definition) is 5. The second-order valence-electron chi connectivity index (χ2n) is 6.71. The van der Waals surface area contributed by atoms with Crippen LogP contribution in [0.25, 0.3) is 0 Å². The fourth-order valence-corrected chi connectivity index (χ4v) is 4.37. The number of ether oxygens (including phenoxy) is 1. The Morgan fingerprint density at radius 2 is 2.15 bits per heavy atom. The third-order valence-corrected chi connectivity index (χ3v) is 6.07. The molecule has 2 aliphatic rings. The summed E-state index contributed by atoms with van der Waals surface area (Å²) in [5.74, 6) is -0.707. The number of benzene rings is 1. The first-order chi connectivity index (χ1) is 13.0. The van der Waals surface area contributed by atoms with E-state index in [2.05, 4.69) is 0 Å². The Bertz CT molecular complexity index is 933. The summed E-state index contributed by atoms with van der Waals surface area (Å²) in [6.45, 7) is 0.316. The quantitative estimate of drug-likeness (QED) is 0.781. The Kier molecular flexibility index (Phi) is 4.70. The Labute approximate surface area is 165 Å². The van der Waals surface area contributed by atoms with Gasteiger partial charge in [0.25, 0.3) is 5.91 Å². The molecule has 0 saturated heterocycles. The van der Waals surface area contributed by atoms with Crippen molar-refractivity contribution >= 4 is 34.6 Å². The summed E-state index contributed by atoms with van der Waals surface area (Å²) >= 11 is 7.81. The van der Waals surface area contributed by atoms with Crippen LogP contribution in [0.1, 0.15) is 29.3 Å². The normalized spacial score (nSPS) is 19.7. The average molecular weight is 404 g/mol. The minimum atomic E-state index is -0.656. The number of aliphatic hydroxyl groups excluding tert-OH is 1. The molecule has 1 aliphatic heterocycles. The molecule has 1 aromatic carbocycles. The first kappa shape index (κ1) is 18.1. The van der Waals surface area contributed by atoms with Crippen molar-refractivity contribution in [3.63, 3.8) is 0 Å². The molecule has 1 saturated carbocycles. The fourth-order valence-electron chi connectivity index (χ4n) is 3.40. The number of carbonyl (C=O) groups excluding carboxylic acids is 2. The van der Waals surface area contributed by atoms with Gasteiger partial charge in [-0.3, -0.25) is 9.59 Å². The van der Waals surface area contributed by atoms with Gasteiger partial charge in [-0.15, -0.1) is 11.3 Å². The van der Waals surface area contributed by atoms with Crippen LogP contribution in [0.2, 0.25) is 5.02 Å². The molecule has 140 valence electrons. The maximum atomic E-state index is 12.9. The third kappa shape index (κ3) is 3.24. The van der Waals surface area contributed by atoms with Crippen LogP contribution in [0, 0.1) is 5.92 Å². The Morgan fingerprint density at radius 3 is 2.74 bits per heavy atom. The Balaban J connectivity index is 1.78. The molecule has 1 fully saturated rings. The number of nitrogens with zero attached hydrogens (tertiary/aromatic N) is 1. The van der Waals surface area contributed by atoms with Crippen molar-refractivity contribution in [3.8, 4) is 5.75 Å². The maximum Gasteiger partial charge on any atom is 0.290 e. The minimum Gasteiger partial charge on any atom is -0.503 e. The zero-order valence-electron chi connectivity index (χ0n) is 14.6. The Morgan fingerprint density at radius 1 is 1.37 bits per heavy atom. The first-order valence-electron chi connectivity index (χ1n) is 8.65. The van der Waals surface area contributed by atoms with Crippen molar-refractivity contribution in [3.05, 3.63) is 62.5 Å². The molecule has 1 N–H and O–H groups in total. The largest absolute Gasteiger partial charge is 0.503 e. The van der Waals surface area contributed by atoms with Gasteiger partial charge in [-0.1, -0.05) is 23.7 Å². The van der Waals surface area contributed by atoms with Crippen molar-refractivity contribution in [2.24, 2.45) is 5.92 Å². The van der Waals surface area contributed by atoms with Crippen molar-refractivity contribution in [2.45, 2.75) is 25.4 Å². The SMILES string of the molecule is COc1ccc(C2C(C(=O)C3CC3)=C(O)C(=O)N2Cc2cccs2)cc1Cl. The van der Waals surface area contributed by atoms with E-state index in [1.165, 1.54) is 23.3 Å². The van der Waals surface area contributed by atoms with Gasteiger partial charge in [-0.05, 0) is 42.0 Å². The molecule has 1 aromatic heterocycles. The summed E-state index contributed by atoms with van der Waals surface area (Å²) < 4.78 is 5.20. The molecule has 0 radical (unpaired) electrons. The summed E-state index contributed by atoms with van der Waals surface area (Å²) in [6, 6.07) is 8.36. The molecule has 1 unspecified atom stereocenters. The van der Waals surface area contributed by atoms with E-state index in [-0.39, 0.29) is 17.3 Å². The molecular weight excluding hydrogens is 386 g/mol. The van der Waals surface area contributed by atoms with E-state index < -0.39 is 17.7 Å². The van der Waals surface area contributed by atoms with Crippen molar-refractivity contribution < 1.29 is 19.4 Å². The number of ketones is 1. The smallest absolute Gasteiger partial charge is 0.290 e. The summed E-state index contributed by atoms with van der Waals surface area (Å²) in [7, 11) is 1.52. The van der Waals surface area contributed by atoms with Crippen LogP contribution in [-0.4, -0.2) is 28.8 Å². The molecule has 0 spiro atoms. The summed E-state index contributed by atoms with van der Waals surface area (Å²) in [5, 5.41) is 12.8. The molecule has 2 heterocycles. The van der Waals surface area contributed by atoms with E-state index in [0.29, 0.717) is 22.9 Å². The highest BCUT2D eigenvalue weighted by Gasteiger charge is 2.47. The van der Waals surface area contributed by atoms with Gasteiger partial charge in [0.1, 0.15) is 5.75 Å². The van der Waals surface area contributed by atoms with Crippen LogP contribution in [0.15, 0.2) is 47.0 Å². The molecule has 1 aliphatic carbocycles. The van der Waals surface area contributed by atoms with E-state index >= 15 is 0 Å². The summed E-state index contributed by atoms with van der Waals surface area (Å²) in [6.07, 6.45) is 1.59. The standard InChI is InChI=1S/C20H18ClNO4S/c1-26-15-7-6-12(9-14(15)21)17-16(18(23)11-4-5-11)19(24)20(25)22(17)10-13-3-2-8-27-13/h2-3,6-9,11,17,24H,4-5,10H2,1H3. The number of halogens is 1. The van der Waals surface area contributed by atoms with Crippen molar-refractivity contribution in [1.82, 2.24) is 4.90 Å². The third-order valence-electron chi connectivity index (χ3n) is 4.92.